The van der Waals surface area contributed by atoms with Crippen LogP contribution in [0.25, 0.3) is 11.1 Å². The van der Waals surface area contributed by atoms with Crippen molar-refractivity contribution in [2.24, 2.45) is 5.92 Å². The standard InChI is InChI=1S/C19H21N3/c1-11-4-7-15(13(3)12(11)2)19-16(8-14-5-6-14)17(9-20)22-18(19)10-21/h4,7,10,14,21-22H,5-6,8H2,1-3H3. The van der Waals surface area contributed by atoms with Gasteiger partial charge in [0.2, 0.25) is 0 Å². The number of benzene rings is 1. The molecule has 1 aliphatic carbocycles. The van der Waals surface area contributed by atoms with Gasteiger partial charge >= 0.3 is 0 Å². The zero-order valence-electron chi connectivity index (χ0n) is 13.4. The first-order valence-electron chi connectivity index (χ1n) is 7.79. The predicted octanol–water partition coefficient (Wildman–Crippen LogP) is 4.43. The van der Waals surface area contributed by atoms with E-state index in [0.717, 1.165) is 28.8 Å². The van der Waals surface area contributed by atoms with Crippen molar-refractivity contribution in [2.45, 2.75) is 40.0 Å². The van der Waals surface area contributed by atoms with Gasteiger partial charge in [0, 0.05) is 11.8 Å². The Morgan fingerprint density at radius 3 is 2.59 bits per heavy atom. The number of aromatic amines is 1. The summed E-state index contributed by atoms with van der Waals surface area (Å²) in [6.07, 6.45) is 4.78. The van der Waals surface area contributed by atoms with Gasteiger partial charge in [0.1, 0.15) is 11.8 Å². The molecule has 0 saturated heterocycles. The Morgan fingerprint density at radius 1 is 1.27 bits per heavy atom. The number of rotatable bonds is 4. The summed E-state index contributed by atoms with van der Waals surface area (Å²) in [6.45, 7) is 6.38. The fraction of sp³-hybridized carbons (Fsp3) is 0.368. The smallest absolute Gasteiger partial charge is 0.121 e. The highest BCUT2D eigenvalue weighted by molar-refractivity contribution is 5.91. The molecule has 1 aliphatic rings. The first-order valence-corrected chi connectivity index (χ1v) is 7.79. The molecule has 0 unspecified atom stereocenters. The van der Waals surface area contributed by atoms with Gasteiger partial charge in [-0.25, -0.2) is 0 Å². The molecule has 0 radical (unpaired) electrons. The number of aryl methyl sites for hydroxylation is 1. The van der Waals surface area contributed by atoms with E-state index in [9.17, 15) is 5.26 Å². The third kappa shape index (κ3) is 2.35. The molecule has 1 aromatic heterocycles. The van der Waals surface area contributed by atoms with Crippen LogP contribution in [0.2, 0.25) is 0 Å². The Morgan fingerprint density at radius 2 is 2.00 bits per heavy atom. The molecule has 3 heteroatoms. The summed E-state index contributed by atoms with van der Waals surface area (Å²) >= 11 is 0. The van der Waals surface area contributed by atoms with Crippen molar-refractivity contribution in [3.8, 4) is 17.2 Å². The Labute approximate surface area is 131 Å². The van der Waals surface area contributed by atoms with Crippen LogP contribution in [0.1, 0.15) is 46.5 Å². The van der Waals surface area contributed by atoms with Gasteiger partial charge in [-0.1, -0.05) is 12.1 Å². The Hall–Kier alpha value is -2.34. The van der Waals surface area contributed by atoms with Gasteiger partial charge in [0.05, 0.1) is 5.69 Å². The first kappa shape index (κ1) is 14.6. The number of aromatic nitrogens is 1. The molecule has 3 rings (SSSR count). The third-order valence-corrected chi connectivity index (χ3v) is 4.91. The second-order valence-corrected chi connectivity index (χ2v) is 6.35. The van der Waals surface area contributed by atoms with Gasteiger partial charge in [0.25, 0.3) is 0 Å². The van der Waals surface area contributed by atoms with Crippen molar-refractivity contribution < 1.29 is 0 Å². The highest BCUT2D eigenvalue weighted by Gasteiger charge is 2.27. The summed E-state index contributed by atoms with van der Waals surface area (Å²) in [5.74, 6) is 0.701. The van der Waals surface area contributed by atoms with Crippen molar-refractivity contribution in [1.29, 1.82) is 10.7 Å². The van der Waals surface area contributed by atoms with E-state index in [2.05, 4.69) is 44.0 Å². The second-order valence-electron chi connectivity index (χ2n) is 6.35. The molecule has 112 valence electrons. The maximum absolute atomic E-state index is 9.44. The van der Waals surface area contributed by atoms with Crippen molar-refractivity contribution in [1.82, 2.24) is 4.98 Å². The molecular formula is C19H21N3. The van der Waals surface area contributed by atoms with Crippen LogP contribution in [-0.2, 0) is 6.42 Å². The molecule has 1 saturated carbocycles. The Kier molecular flexibility index (Phi) is 3.62. The molecule has 0 amide bonds. The molecule has 2 N–H and O–H groups in total. The molecule has 0 atom stereocenters. The summed E-state index contributed by atoms with van der Waals surface area (Å²) < 4.78 is 0. The minimum Gasteiger partial charge on any atom is -0.345 e. The molecule has 1 heterocycles. The second kappa shape index (κ2) is 5.46. The highest BCUT2D eigenvalue weighted by atomic mass is 14.7. The topological polar surface area (TPSA) is 63.4 Å². The van der Waals surface area contributed by atoms with Crippen LogP contribution in [-0.4, -0.2) is 11.2 Å². The minimum atomic E-state index is 0.623. The van der Waals surface area contributed by atoms with Crippen LogP contribution < -0.4 is 0 Å². The monoisotopic (exact) mass is 291 g/mol. The number of hydrogen-bond donors (Lipinski definition) is 2. The first-order chi connectivity index (χ1) is 10.6. The van der Waals surface area contributed by atoms with Crippen LogP contribution in [0.15, 0.2) is 12.1 Å². The van der Waals surface area contributed by atoms with E-state index < -0.39 is 0 Å². The fourth-order valence-corrected chi connectivity index (χ4v) is 3.11. The van der Waals surface area contributed by atoms with Crippen molar-refractivity contribution in [3.05, 3.63) is 45.8 Å². The van der Waals surface area contributed by atoms with Gasteiger partial charge in [-0.15, -0.1) is 0 Å². The molecule has 1 aromatic carbocycles. The lowest BCUT2D eigenvalue weighted by Gasteiger charge is -2.13. The minimum absolute atomic E-state index is 0.623. The Balaban J connectivity index is 2.24. The number of nitrogens with one attached hydrogen (secondary N) is 2. The molecule has 0 aliphatic heterocycles. The van der Waals surface area contributed by atoms with E-state index in [1.54, 1.807) is 0 Å². The SMILES string of the molecule is Cc1ccc(-c2c(C=N)[nH]c(C#N)c2CC2CC2)c(C)c1C. The summed E-state index contributed by atoms with van der Waals surface area (Å²) in [4.78, 5) is 3.14. The van der Waals surface area contributed by atoms with E-state index >= 15 is 0 Å². The lowest BCUT2D eigenvalue weighted by molar-refractivity contribution is 0.832. The van der Waals surface area contributed by atoms with Crippen molar-refractivity contribution in [3.63, 3.8) is 0 Å². The zero-order chi connectivity index (χ0) is 15.9. The fourth-order valence-electron chi connectivity index (χ4n) is 3.11. The molecule has 2 aromatic rings. The van der Waals surface area contributed by atoms with Crippen LogP contribution >= 0.6 is 0 Å². The van der Waals surface area contributed by atoms with Gasteiger partial charge < -0.3 is 10.4 Å². The van der Waals surface area contributed by atoms with Crippen LogP contribution in [0.5, 0.6) is 0 Å². The van der Waals surface area contributed by atoms with E-state index in [1.165, 1.54) is 35.7 Å². The Bertz CT molecular complexity index is 786. The molecule has 0 spiro atoms. The lowest BCUT2D eigenvalue weighted by Crippen LogP contribution is -1.97. The quantitative estimate of drug-likeness (QED) is 0.804. The summed E-state index contributed by atoms with van der Waals surface area (Å²) in [6, 6.07) is 6.54. The number of hydrogen-bond acceptors (Lipinski definition) is 2. The summed E-state index contributed by atoms with van der Waals surface area (Å²) in [5.41, 5.74) is 8.46. The van der Waals surface area contributed by atoms with E-state index in [0.29, 0.717) is 11.6 Å². The van der Waals surface area contributed by atoms with Crippen LogP contribution in [0.3, 0.4) is 0 Å². The van der Waals surface area contributed by atoms with Crippen molar-refractivity contribution in [2.75, 3.05) is 0 Å². The molecule has 0 bridgehead atoms. The zero-order valence-corrected chi connectivity index (χ0v) is 13.4. The average molecular weight is 291 g/mol. The summed E-state index contributed by atoms with van der Waals surface area (Å²) in [5, 5.41) is 17.2. The number of nitrogens with zero attached hydrogens (tertiary/aromatic N) is 1. The van der Waals surface area contributed by atoms with Gasteiger partial charge in [-0.2, -0.15) is 5.26 Å². The maximum atomic E-state index is 9.44. The largest absolute Gasteiger partial charge is 0.345 e. The van der Waals surface area contributed by atoms with Gasteiger partial charge in [-0.3, -0.25) is 0 Å². The predicted molar refractivity (Wildman–Crippen MR) is 89.5 cm³/mol. The van der Waals surface area contributed by atoms with Crippen molar-refractivity contribution >= 4 is 6.21 Å². The van der Waals surface area contributed by atoms with Gasteiger partial charge in [-0.05, 0) is 73.8 Å². The van der Waals surface area contributed by atoms with E-state index in [-0.39, 0.29) is 0 Å². The van der Waals surface area contributed by atoms with Crippen LogP contribution in [0.4, 0.5) is 0 Å². The third-order valence-electron chi connectivity index (χ3n) is 4.91. The summed E-state index contributed by atoms with van der Waals surface area (Å²) in [7, 11) is 0. The molecule has 1 fully saturated rings. The lowest BCUT2D eigenvalue weighted by atomic mass is 9.90. The highest BCUT2D eigenvalue weighted by Crippen LogP contribution is 2.40. The van der Waals surface area contributed by atoms with E-state index in [1.807, 2.05) is 0 Å². The molecule has 3 nitrogen and oxygen atoms in total. The molecule has 22 heavy (non-hydrogen) atoms. The normalized spacial score (nSPS) is 13.9. The number of H-pyrrole nitrogens is 1. The van der Waals surface area contributed by atoms with E-state index in [4.69, 9.17) is 5.41 Å². The average Bonchev–Trinajstić information content (AvgIpc) is 3.26. The molecular weight excluding hydrogens is 270 g/mol. The number of nitriles is 1. The van der Waals surface area contributed by atoms with Gasteiger partial charge in [0.15, 0.2) is 0 Å². The maximum Gasteiger partial charge on any atom is 0.121 e. The van der Waals surface area contributed by atoms with Crippen LogP contribution in [0, 0.1) is 43.4 Å².